The first-order chi connectivity index (χ1) is 15.6. The summed E-state index contributed by atoms with van der Waals surface area (Å²) < 4.78 is 4.39. The first kappa shape index (κ1) is 22.3. The Morgan fingerprint density at radius 1 is 0.969 bits per heavy atom. The molecule has 9 heteroatoms. The van der Waals surface area contributed by atoms with Gasteiger partial charge in [0.05, 0.1) is 24.0 Å². The Hall–Kier alpha value is -1.52. The molecule has 0 radical (unpaired) electrons. The monoisotopic (exact) mass is 472 g/mol. The van der Waals surface area contributed by atoms with Crippen molar-refractivity contribution in [3.63, 3.8) is 0 Å². The molecule has 1 aromatic carbocycles. The number of benzene rings is 1. The summed E-state index contributed by atoms with van der Waals surface area (Å²) in [6, 6.07) is 9.47. The second kappa shape index (κ2) is 9.77. The molecular formula is C23H34N6OP2. The number of aromatic nitrogens is 2. The maximum Gasteiger partial charge on any atom is 0.237 e. The quantitative estimate of drug-likeness (QED) is 0.654. The lowest BCUT2D eigenvalue weighted by Crippen LogP contribution is -2.49. The van der Waals surface area contributed by atoms with Crippen LogP contribution in [0.1, 0.15) is 50.4 Å². The highest BCUT2D eigenvalue weighted by Crippen LogP contribution is 2.34. The van der Waals surface area contributed by atoms with Crippen LogP contribution in [0.25, 0.3) is 11.3 Å². The number of hydrogen-bond acceptors (Lipinski definition) is 5. The molecule has 32 heavy (non-hydrogen) atoms. The molecule has 7 nitrogen and oxygen atoms in total. The molecule has 3 aliphatic rings. The number of piperidine rings is 1. The van der Waals surface area contributed by atoms with Crippen molar-refractivity contribution in [2.24, 2.45) is 0 Å². The number of nitrogens with zero attached hydrogens (tertiary/aromatic N) is 4. The van der Waals surface area contributed by atoms with E-state index in [9.17, 15) is 4.79 Å². The molecule has 172 valence electrons. The Balaban J connectivity index is 1.15. The highest BCUT2D eigenvalue weighted by atomic mass is 31.0. The van der Waals surface area contributed by atoms with Gasteiger partial charge in [-0.2, -0.15) is 0 Å². The van der Waals surface area contributed by atoms with E-state index in [0.29, 0.717) is 6.04 Å². The molecule has 3 saturated heterocycles. The van der Waals surface area contributed by atoms with E-state index in [1.54, 1.807) is 0 Å². The number of carbonyl (C=O) groups excluding carboxylic acids is 1. The predicted molar refractivity (Wildman–Crippen MR) is 135 cm³/mol. The number of anilines is 1. The number of aromatic amines is 1. The molecule has 4 heterocycles. The number of imidazole rings is 1. The van der Waals surface area contributed by atoms with E-state index in [1.165, 1.54) is 17.7 Å². The number of nitrogens with one attached hydrogen (secondary N) is 2. The van der Waals surface area contributed by atoms with Crippen LogP contribution >= 0.6 is 18.8 Å². The lowest BCUT2D eigenvalue weighted by Gasteiger charge is -2.34. The van der Waals surface area contributed by atoms with Crippen LogP contribution in [-0.2, 0) is 4.79 Å². The van der Waals surface area contributed by atoms with Gasteiger partial charge in [0.15, 0.2) is 0 Å². The van der Waals surface area contributed by atoms with Gasteiger partial charge in [-0.1, -0.05) is 30.9 Å². The molecule has 0 aliphatic carbocycles. The van der Waals surface area contributed by atoms with Gasteiger partial charge in [0.25, 0.3) is 0 Å². The molecule has 3 fully saturated rings. The molecule has 5 rings (SSSR count). The molecule has 0 saturated carbocycles. The third kappa shape index (κ3) is 4.72. The fourth-order valence-electron chi connectivity index (χ4n) is 5.24. The zero-order valence-corrected chi connectivity index (χ0v) is 20.9. The maximum atomic E-state index is 12.6. The number of carbonyl (C=O) groups is 1. The molecule has 2 N–H and O–H groups in total. The summed E-state index contributed by atoms with van der Waals surface area (Å²) in [5, 5.41) is 3.29. The summed E-state index contributed by atoms with van der Waals surface area (Å²) in [6.07, 6.45) is 8.39. The Kier molecular flexibility index (Phi) is 6.80. The van der Waals surface area contributed by atoms with Gasteiger partial charge in [0, 0.05) is 37.9 Å². The second-order valence-corrected chi connectivity index (χ2v) is 10.6. The highest BCUT2D eigenvalue weighted by molar-refractivity contribution is 7.13. The van der Waals surface area contributed by atoms with Crippen LogP contribution in [0.3, 0.4) is 0 Å². The Morgan fingerprint density at radius 2 is 1.69 bits per heavy atom. The van der Waals surface area contributed by atoms with Crippen LogP contribution in [0, 0.1) is 0 Å². The van der Waals surface area contributed by atoms with E-state index in [-0.39, 0.29) is 18.0 Å². The summed E-state index contributed by atoms with van der Waals surface area (Å²) in [5.41, 5.74) is 3.49. The number of rotatable bonds is 5. The van der Waals surface area contributed by atoms with Gasteiger partial charge in [0.2, 0.25) is 5.91 Å². The lowest BCUT2D eigenvalue weighted by molar-refractivity contribution is -0.124. The third-order valence-corrected chi connectivity index (χ3v) is 8.42. The van der Waals surface area contributed by atoms with Crippen molar-refractivity contribution in [2.45, 2.75) is 56.7 Å². The molecule has 4 atom stereocenters. The van der Waals surface area contributed by atoms with Crippen molar-refractivity contribution < 1.29 is 4.79 Å². The summed E-state index contributed by atoms with van der Waals surface area (Å²) >= 11 is 0. The second-order valence-electron chi connectivity index (χ2n) is 9.29. The van der Waals surface area contributed by atoms with Gasteiger partial charge in [0.1, 0.15) is 5.82 Å². The van der Waals surface area contributed by atoms with E-state index in [0.717, 1.165) is 69.8 Å². The topological polar surface area (TPSA) is 67.5 Å². The van der Waals surface area contributed by atoms with Gasteiger partial charge in [-0.05, 0) is 56.2 Å². The van der Waals surface area contributed by atoms with Gasteiger partial charge in [-0.15, -0.1) is 0 Å². The van der Waals surface area contributed by atoms with Crippen molar-refractivity contribution in [1.82, 2.24) is 24.6 Å². The molecule has 2 aromatic rings. The van der Waals surface area contributed by atoms with E-state index in [2.05, 4.69) is 72.6 Å². The summed E-state index contributed by atoms with van der Waals surface area (Å²) in [4.78, 5) is 23.2. The third-order valence-electron chi connectivity index (χ3n) is 7.19. The van der Waals surface area contributed by atoms with Gasteiger partial charge >= 0.3 is 0 Å². The Labute approximate surface area is 195 Å². The number of hydrogen-bond donors (Lipinski definition) is 2. The molecular weight excluding hydrogens is 438 g/mol. The maximum absolute atomic E-state index is 12.6. The van der Waals surface area contributed by atoms with Crippen molar-refractivity contribution in [3.8, 4) is 11.3 Å². The number of H-pyrrole nitrogens is 1. The molecule has 0 bridgehead atoms. The fourth-order valence-corrected chi connectivity index (χ4v) is 6.18. The Morgan fingerprint density at radius 3 is 2.34 bits per heavy atom. The normalized spacial score (nSPS) is 25.5. The van der Waals surface area contributed by atoms with Gasteiger partial charge in [-0.3, -0.25) is 14.1 Å². The van der Waals surface area contributed by atoms with Crippen molar-refractivity contribution in [3.05, 3.63) is 36.3 Å². The van der Waals surface area contributed by atoms with Crippen LogP contribution in [0.2, 0.25) is 0 Å². The van der Waals surface area contributed by atoms with Crippen LogP contribution in [0.15, 0.2) is 30.5 Å². The standard InChI is InChI=1S/C23H34N6OP2/c30-23(21-4-2-12-29(21)32)25-17-9-13-27(14-10-17)18-7-5-16(6-8-18)19-15-24-22(26-19)20-3-1-11-28(20)31/h5-8,15,17,20-21H,1-4,9-14,31-32H2,(H,24,26)(H,25,30). The molecule has 4 unspecified atom stereocenters. The average Bonchev–Trinajstić information content (AvgIpc) is 3.55. The van der Waals surface area contributed by atoms with Crippen LogP contribution in [-0.4, -0.2) is 63.5 Å². The van der Waals surface area contributed by atoms with Crippen molar-refractivity contribution in [2.75, 3.05) is 31.1 Å². The zero-order valence-electron chi connectivity index (χ0n) is 18.5. The SMILES string of the molecule is O=C(NC1CCN(c2ccc(-c3cnc(C4CCCN4P)[nH]3)cc2)CC1)C1CCCN1P. The molecule has 0 spiro atoms. The average molecular weight is 473 g/mol. The minimum Gasteiger partial charge on any atom is -0.371 e. The van der Waals surface area contributed by atoms with Crippen molar-refractivity contribution in [1.29, 1.82) is 0 Å². The lowest BCUT2D eigenvalue weighted by atomic mass is 10.0. The van der Waals surface area contributed by atoms with Crippen LogP contribution in [0.4, 0.5) is 5.69 Å². The first-order valence-electron chi connectivity index (χ1n) is 11.8. The van der Waals surface area contributed by atoms with E-state index < -0.39 is 0 Å². The highest BCUT2D eigenvalue weighted by Gasteiger charge is 2.30. The fraction of sp³-hybridized carbons (Fsp3) is 0.565. The van der Waals surface area contributed by atoms with Gasteiger partial charge < -0.3 is 15.2 Å². The smallest absolute Gasteiger partial charge is 0.237 e. The summed E-state index contributed by atoms with van der Waals surface area (Å²) in [6.45, 7) is 4.05. The Bertz CT molecular complexity index is 927. The predicted octanol–water partition coefficient (Wildman–Crippen LogP) is 3.34. The van der Waals surface area contributed by atoms with Crippen LogP contribution < -0.4 is 10.2 Å². The van der Waals surface area contributed by atoms with Crippen LogP contribution in [0.5, 0.6) is 0 Å². The minimum absolute atomic E-state index is 0.0291. The summed E-state index contributed by atoms with van der Waals surface area (Å²) in [5.74, 6) is 1.25. The molecule has 3 aliphatic heterocycles. The molecule has 1 aromatic heterocycles. The van der Waals surface area contributed by atoms with E-state index in [4.69, 9.17) is 0 Å². The largest absolute Gasteiger partial charge is 0.371 e. The van der Waals surface area contributed by atoms with Crippen molar-refractivity contribution >= 4 is 30.4 Å². The minimum atomic E-state index is 0.0291. The van der Waals surface area contributed by atoms with E-state index >= 15 is 0 Å². The first-order valence-corrected chi connectivity index (χ1v) is 12.8. The van der Waals surface area contributed by atoms with E-state index in [1.807, 2.05) is 6.20 Å². The number of amides is 1. The molecule has 1 amide bonds. The summed E-state index contributed by atoms with van der Waals surface area (Å²) in [7, 11) is 5.53. The zero-order chi connectivity index (χ0) is 22.1. The van der Waals surface area contributed by atoms with Gasteiger partial charge in [-0.25, -0.2) is 4.98 Å².